The zero-order valence-corrected chi connectivity index (χ0v) is 17.6. The fraction of sp³-hybridized carbons (Fsp3) is 0.250. The number of aromatic nitrogens is 1. The van der Waals surface area contributed by atoms with Crippen molar-refractivity contribution >= 4 is 23.3 Å². The Bertz CT molecular complexity index is 1150. The van der Waals surface area contributed by atoms with Crippen LogP contribution in [0.4, 0.5) is 5.82 Å². The molecule has 3 aromatic rings. The van der Waals surface area contributed by atoms with Gasteiger partial charge in [-0.25, -0.2) is 10.4 Å². The van der Waals surface area contributed by atoms with Crippen molar-refractivity contribution in [1.82, 2.24) is 10.4 Å². The number of aryl methyl sites for hydroxylation is 2. The Morgan fingerprint density at radius 1 is 1.13 bits per heavy atom. The Morgan fingerprint density at radius 2 is 1.94 bits per heavy atom. The number of hydrazone groups is 1. The number of nitrogens with zero attached hydrogens (tertiary/aromatic N) is 2. The Hall–Kier alpha value is -3.74. The van der Waals surface area contributed by atoms with Crippen LogP contribution in [0.2, 0.25) is 0 Å². The largest absolute Gasteiger partial charge is 0.455 e. The van der Waals surface area contributed by atoms with Crippen LogP contribution in [0.15, 0.2) is 58.2 Å². The van der Waals surface area contributed by atoms with Gasteiger partial charge in [0.05, 0.1) is 12.1 Å². The van der Waals surface area contributed by atoms with Crippen LogP contribution in [0.3, 0.4) is 0 Å². The van der Waals surface area contributed by atoms with Crippen LogP contribution in [-0.4, -0.2) is 22.5 Å². The molecule has 2 N–H and O–H groups in total. The molecule has 0 saturated heterocycles. The summed E-state index contributed by atoms with van der Waals surface area (Å²) in [6, 6.07) is 13.2. The molecule has 0 unspecified atom stereocenters. The van der Waals surface area contributed by atoms with Gasteiger partial charge in [0.1, 0.15) is 11.6 Å². The molecule has 1 aliphatic rings. The van der Waals surface area contributed by atoms with E-state index in [9.17, 15) is 9.59 Å². The third kappa shape index (κ3) is 4.71. The van der Waals surface area contributed by atoms with Crippen molar-refractivity contribution < 1.29 is 14.0 Å². The normalized spacial score (nSPS) is 14.2. The zero-order chi connectivity index (χ0) is 21.8. The van der Waals surface area contributed by atoms with Crippen LogP contribution in [0.25, 0.3) is 0 Å². The predicted octanol–water partition coefficient (Wildman–Crippen LogP) is 3.94. The van der Waals surface area contributed by atoms with Gasteiger partial charge < -0.3 is 9.73 Å². The lowest BCUT2D eigenvalue weighted by Gasteiger charge is -2.13. The molecule has 4 rings (SSSR count). The molecule has 0 bridgehead atoms. The third-order valence-corrected chi connectivity index (χ3v) is 5.21. The van der Waals surface area contributed by atoms with E-state index in [1.165, 1.54) is 0 Å². The van der Waals surface area contributed by atoms with E-state index < -0.39 is 0 Å². The van der Waals surface area contributed by atoms with Crippen LogP contribution in [0.1, 0.15) is 51.4 Å². The number of hydrogen-bond acceptors (Lipinski definition) is 5. The number of nitrogens with one attached hydrogen (secondary N) is 2. The second-order valence-electron chi connectivity index (χ2n) is 7.64. The van der Waals surface area contributed by atoms with Gasteiger partial charge >= 0.3 is 0 Å². The first-order chi connectivity index (χ1) is 15.0. The molecular weight excluding hydrogens is 392 g/mol. The van der Waals surface area contributed by atoms with E-state index in [-0.39, 0.29) is 24.0 Å². The summed E-state index contributed by atoms with van der Waals surface area (Å²) in [7, 11) is 0. The summed E-state index contributed by atoms with van der Waals surface area (Å²) in [5.74, 6) is 0.912. The van der Waals surface area contributed by atoms with Gasteiger partial charge in [0.2, 0.25) is 5.91 Å². The number of anilines is 1. The highest BCUT2D eigenvalue weighted by atomic mass is 16.4. The van der Waals surface area contributed by atoms with E-state index in [1.807, 2.05) is 50.2 Å². The molecule has 1 aromatic carbocycles. The maximum absolute atomic E-state index is 12.8. The molecular formula is C24H24N4O3. The predicted molar refractivity (Wildman–Crippen MR) is 118 cm³/mol. The second-order valence-corrected chi connectivity index (χ2v) is 7.64. The quantitative estimate of drug-likeness (QED) is 0.616. The SMILES string of the molecule is Cc1ccnc(NC(=O)c2oc3c(c2C)/C(=N/NC(=O)Cc2ccccc2)CCC3)c1. The number of carbonyl (C=O) groups excluding carboxylic acids is 2. The summed E-state index contributed by atoms with van der Waals surface area (Å²) in [5.41, 5.74) is 6.84. The molecule has 2 amide bonds. The summed E-state index contributed by atoms with van der Waals surface area (Å²) in [4.78, 5) is 29.2. The Balaban J connectivity index is 1.51. The highest BCUT2D eigenvalue weighted by Gasteiger charge is 2.28. The smallest absolute Gasteiger partial charge is 0.292 e. The number of pyridine rings is 1. The summed E-state index contributed by atoms with van der Waals surface area (Å²) < 4.78 is 5.90. The van der Waals surface area contributed by atoms with Crippen molar-refractivity contribution in [3.63, 3.8) is 0 Å². The maximum atomic E-state index is 12.8. The molecule has 0 radical (unpaired) electrons. The summed E-state index contributed by atoms with van der Waals surface area (Å²) in [6.45, 7) is 3.77. The van der Waals surface area contributed by atoms with Gasteiger partial charge in [-0.05, 0) is 49.9 Å². The number of benzene rings is 1. The van der Waals surface area contributed by atoms with Crippen molar-refractivity contribution in [3.8, 4) is 0 Å². The van der Waals surface area contributed by atoms with E-state index in [1.54, 1.807) is 12.3 Å². The molecule has 31 heavy (non-hydrogen) atoms. The van der Waals surface area contributed by atoms with Crippen LogP contribution in [0, 0.1) is 13.8 Å². The molecule has 7 heteroatoms. The van der Waals surface area contributed by atoms with Gasteiger partial charge in [0, 0.05) is 23.7 Å². The van der Waals surface area contributed by atoms with Crippen LogP contribution in [0.5, 0.6) is 0 Å². The highest BCUT2D eigenvalue weighted by molar-refractivity contribution is 6.09. The van der Waals surface area contributed by atoms with Gasteiger partial charge in [-0.2, -0.15) is 5.10 Å². The van der Waals surface area contributed by atoms with E-state index in [4.69, 9.17) is 4.42 Å². The molecule has 0 fully saturated rings. The van der Waals surface area contributed by atoms with E-state index >= 15 is 0 Å². The molecule has 0 aliphatic heterocycles. The average Bonchev–Trinajstić information content (AvgIpc) is 3.10. The molecule has 0 spiro atoms. The van der Waals surface area contributed by atoms with Crippen molar-refractivity contribution in [2.24, 2.45) is 5.10 Å². The van der Waals surface area contributed by atoms with Crippen LogP contribution < -0.4 is 10.7 Å². The fourth-order valence-electron chi connectivity index (χ4n) is 3.72. The number of amides is 2. The van der Waals surface area contributed by atoms with Crippen LogP contribution in [-0.2, 0) is 17.6 Å². The van der Waals surface area contributed by atoms with Gasteiger partial charge in [-0.1, -0.05) is 30.3 Å². The van der Waals surface area contributed by atoms with Gasteiger partial charge in [-0.15, -0.1) is 0 Å². The first kappa shape index (κ1) is 20.5. The molecule has 0 saturated carbocycles. The van der Waals surface area contributed by atoms with Crippen molar-refractivity contribution in [2.45, 2.75) is 39.5 Å². The Kier molecular flexibility index (Phi) is 5.93. The van der Waals surface area contributed by atoms with Gasteiger partial charge in [0.25, 0.3) is 5.91 Å². The third-order valence-electron chi connectivity index (χ3n) is 5.21. The minimum atomic E-state index is -0.350. The Labute approximate surface area is 180 Å². The van der Waals surface area contributed by atoms with Crippen LogP contribution >= 0.6 is 0 Å². The lowest BCUT2D eigenvalue weighted by molar-refractivity contribution is -0.120. The molecule has 7 nitrogen and oxygen atoms in total. The van der Waals surface area contributed by atoms with Gasteiger partial charge in [-0.3, -0.25) is 9.59 Å². The minimum Gasteiger partial charge on any atom is -0.455 e. The Morgan fingerprint density at radius 3 is 2.71 bits per heavy atom. The maximum Gasteiger partial charge on any atom is 0.292 e. The first-order valence-corrected chi connectivity index (χ1v) is 10.3. The first-order valence-electron chi connectivity index (χ1n) is 10.3. The molecule has 158 valence electrons. The average molecular weight is 416 g/mol. The van der Waals surface area contributed by atoms with Gasteiger partial charge in [0.15, 0.2) is 5.76 Å². The van der Waals surface area contributed by atoms with Crippen molar-refractivity contribution in [2.75, 3.05) is 5.32 Å². The number of rotatable bonds is 5. The number of fused-ring (bicyclic) bond motifs is 1. The van der Waals surface area contributed by atoms with Crippen molar-refractivity contribution in [3.05, 3.63) is 82.4 Å². The van der Waals surface area contributed by atoms with E-state index in [0.29, 0.717) is 12.2 Å². The fourth-order valence-corrected chi connectivity index (χ4v) is 3.72. The lowest BCUT2D eigenvalue weighted by Crippen LogP contribution is -2.23. The second kappa shape index (κ2) is 8.95. The lowest BCUT2D eigenvalue weighted by atomic mass is 9.93. The number of carbonyl (C=O) groups is 2. The van der Waals surface area contributed by atoms with E-state index in [2.05, 4.69) is 20.8 Å². The topological polar surface area (TPSA) is 96.6 Å². The van der Waals surface area contributed by atoms with E-state index in [0.717, 1.165) is 46.6 Å². The highest BCUT2D eigenvalue weighted by Crippen LogP contribution is 2.30. The molecule has 1 aliphatic carbocycles. The summed E-state index contributed by atoms with van der Waals surface area (Å²) in [5, 5.41) is 7.15. The molecule has 0 atom stereocenters. The number of hydrogen-bond donors (Lipinski definition) is 2. The summed E-state index contributed by atoms with van der Waals surface area (Å²) in [6.07, 6.45) is 4.18. The monoisotopic (exact) mass is 416 g/mol. The summed E-state index contributed by atoms with van der Waals surface area (Å²) >= 11 is 0. The zero-order valence-electron chi connectivity index (χ0n) is 17.6. The van der Waals surface area contributed by atoms with Crippen molar-refractivity contribution in [1.29, 1.82) is 0 Å². The minimum absolute atomic E-state index is 0.185. The standard InChI is InChI=1S/C24H24N4O3/c1-15-11-12-25-20(13-15)26-24(30)23-16(2)22-18(9-6-10-19(22)31-23)27-28-21(29)14-17-7-4-3-5-8-17/h3-5,7-8,11-13H,6,9-10,14H2,1-2H3,(H,28,29)(H,25,26,30)/b27-18+. The molecule has 2 aromatic heterocycles. The molecule has 2 heterocycles. The number of furan rings is 1.